The third-order valence-corrected chi connectivity index (χ3v) is 15.1. The van der Waals surface area contributed by atoms with Gasteiger partial charge in [0.15, 0.2) is 6.10 Å². The zero-order valence-corrected chi connectivity index (χ0v) is 53.1. The van der Waals surface area contributed by atoms with E-state index >= 15 is 0 Å². The van der Waals surface area contributed by atoms with Gasteiger partial charge in [-0.05, 0) is 116 Å². The SMILES string of the molecule is CC/C=C\C/C=C\C/C=C\C/C=C\CCCCCCCCC(=O)OC(COC(=O)CCCCCCCCC/C=C\CCCCCCCCC)COC(=O)CCCCCCCCCCCCCCC/C=C\C/C=C\CCCCCCC. The molecule has 6 nitrogen and oxygen atoms in total. The Kier molecular flexibility index (Phi) is 65.2. The molecule has 0 heterocycles. The Balaban J connectivity index is 4.36. The summed E-state index contributed by atoms with van der Waals surface area (Å²) in [4.78, 5) is 38.5. The van der Waals surface area contributed by atoms with Crippen molar-refractivity contribution < 1.29 is 28.6 Å². The number of carbonyl (C=O) groups is 3. The van der Waals surface area contributed by atoms with E-state index < -0.39 is 6.10 Å². The average Bonchev–Trinajstić information content (AvgIpc) is 3.46. The summed E-state index contributed by atoms with van der Waals surface area (Å²) in [6.45, 7) is 6.55. The van der Waals surface area contributed by atoms with Crippen molar-refractivity contribution in [2.45, 2.75) is 354 Å². The predicted octanol–water partition coefficient (Wildman–Crippen LogP) is 23.8. The summed E-state index contributed by atoms with van der Waals surface area (Å²) >= 11 is 0. The highest BCUT2D eigenvalue weighted by Crippen LogP contribution is 2.17. The summed E-state index contributed by atoms with van der Waals surface area (Å²) in [6.07, 6.45) is 90.2. The molecule has 0 rings (SSSR count). The fourth-order valence-corrected chi connectivity index (χ4v) is 9.93. The summed E-state index contributed by atoms with van der Waals surface area (Å²) in [5, 5.41) is 0. The number of esters is 3. The first-order valence-electron chi connectivity index (χ1n) is 34.6. The van der Waals surface area contributed by atoms with Crippen LogP contribution in [-0.4, -0.2) is 37.2 Å². The first-order chi connectivity index (χ1) is 39.5. The van der Waals surface area contributed by atoms with Crippen LogP contribution in [0.15, 0.2) is 85.1 Å². The number of hydrogen-bond acceptors (Lipinski definition) is 6. The van der Waals surface area contributed by atoms with Gasteiger partial charge in [-0.25, -0.2) is 0 Å². The molecule has 0 aliphatic carbocycles. The molecule has 462 valence electrons. The van der Waals surface area contributed by atoms with Crippen molar-refractivity contribution in [2.24, 2.45) is 0 Å². The van der Waals surface area contributed by atoms with Gasteiger partial charge in [-0.15, -0.1) is 0 Å². The van der Waals surface area contributed by atoms with Crippen LogP contribution in [0.3, 0.4) is 0 Å². The molecule has 0 fully saturated rings. The Morgan fingerprint density at radius 2 is 0.487 bits per heavy atom. The molecule has 0 aromatic rings. The van der Waals surface area contributed by atoms with E-state index in [0.717, 1.165) is 103 Å². The fourth-order valence-electron chi connectivity index (χ4n) is 9.93. The summed E-state index contributed by atoms with van der Waals surface area (Å²) in [5.41, 5.74) is 0. The molecule has 0 aromatic carbocycles. The van der Waals surface area contributed by atoms with Gasteiger partial charge in [0.1, 0.15) is 13.2 Å². The van der Waals surface area contributed by atoms with E-state index in [1.165, 1.54) is 205 Å². The number of ether oxygens (including phenoxy) is 3. The number of allylic oxidation sites excluding steroid dienone is 14. The minimum atomic E-state index is -0.788. The van der Waals surface area contributed by atoms with Gasteiger partial charge < -0.3 is 14.2 Å². The van der Waals surface area contributed by atoms with E-state index in [9.17, 15) is 14.4 Å². The Morgan fingerprint density at radius 1 is 0.263 bits per heavy atom. The van der Waals surface area contributed by atoms with E-state index in [4.69, 9.17) is 14.2 Å². The van der Waals surface area contributed by atoms with E-state index in [1.54, 1.807) is 0 Å². The molecule has 1 unspecified atom stereocenters. The lowest BCUT2D eigenvalue weighted by Crippen LogP contribution is -2.30. The summed E-state index contributed by atoms with van der Waals surface area (Å²) < 4.78 is 17.0. The monoisotopic (exact) mass is 1110 g/mol. The maximum absolute atomic E-state index is 12.9. The number of hydrogen-bond donors (Lipinski definition) is 0. The second kappa shape index (κ2) is 68.1. The lowest BCUT2D eigenvalue weighted by atomic mass is 10.0. The van der Waals surface area contributed by atoms with Crippen molar-refractivity contribution in [1.29, 1.82) is 0 Å². The van der Waals surface area contributed by atoms with Crippen molar-refractivity contribution in [3.63, 3.8) is 0 Å². The zero-order chi connectivity index (χ0) is 57.8. The van der Waals surface area contributed by atoms with Crippen molar-refractivity contribution in [3.8, 4) is 0 Å². The van der Waals surface area contributed by atoms with Crippen molar-refractivity contribution >= 4 is 17.9 Å². The van der Waals surface area contributed by atoms with E-state index in [-0.39, 0.29) is 31.1 Å². The highest BCUT2D eigenvalue weighted by Gasteiger charge is 2.19. The van der Waals surface area contributed by atoms with Crippen molar-refractivity contribution in [2.75, 3.05) is 13.2 Å². The van der Waals surface area contributed by atoms with E-state index in [0.29, 0.717) is 19.3 Å². The van der Waals surface area contributed by atoms with Gasteiger partial charge in [0.25, 0.3) is 0 Å². The maximum Gasteiger partial charge on any atom is 0.306 e. The molecule has 0 bridgehead atoms. The van der Waals surface area contributed by atoms with Crippen LogP contribution in [0.4, 0.5) is 0 Å². The molecule has 80 heavy (non-hydrogen) atoms. The topological polar surface area (TPSA) is 78.9 Å². The molecule has 0 radical (unpaired) electrons. The molecule has 0 aliphatic heterocycles. The van der Waals surface area contributed by atoms with E-state index in [2.05, 4.69) is 106 Å². The van der Waals surface area contributed by atoms with Crippen LogP contribution in [0.25, 0.3) is 0 Å². The molecule has 0 spiro atoms. The van der Waals surface area contributed by atoms with Gasteiger partial charge in [0.2, 0.25) is 0 Å². The lowest BCUT2D eigenvalue weighted by Gasteiger charge is -2.18. The van der Waals surface area contributed by atoms with Gasteiger partial charge >= 0.3 is 17.9 Å². The molecule has 1 atom stereocenters. The number of rotatable bonds is 63. The van der Waals surface area contributed by atoms with Crippen LogP contribution in [-0.2, 0) is 28.6 Å². The van der Waals surface area contributed by atoms with Gasteiger partial charge in [-0.2, -0.15) is 0 Å². The molecule has 0 saturated carbocycles. The maximum atomic E-state index is 12.9. The van der Waals surface area contributed by atoms with Crippen LogP contribution in [0, 0.1) is 0 Å². The molecule has 0 amide bonds. The Labute approximate surface area is 496 Å². The number of carbonyl (C=O) groups excluding carboxylic acids is 3. The average molecular weight is 1120 g/mol. The predicted molar refractivity (Wildman–Crippen MR) is 348 cm³/mol. The normalized spacial score (nSPS) is 12.6. The van der Waals surface area contributed by atoms with E-state index in [1.807, 2.05) is 0 Å². The zero-order valence-electron chi connectivity index (χ0n) is 53.1. The highest BCUT2D eigenvalue weighted by atomic mass is 16.6. The molecule has 0 aliphatic rings. The first kappa shape index (κ1) is 76.6. The first-order valence-corrected chi connectivity index (χ1v) is 34.6. The van der Waals surface area contributed by atoms with Gasteiger partial charge in [0.05, 0.1) is 0 Å². The molecule has 0 N–H and O–H groups in total. The highest BCUT2D eigenvalue weighted by molar-refractivity contribution is 5.71. The summed E-state index contributed by atoms with van der Waals surface area (Å²) in [5.74, 6) is -0.885. The number of unbranched alkanes of at least 4 members (excludes halogenated alkanes) is 38. The lowest BCUT2D eigenvalue weighted by molar-refractivity contribution is -0.167. The quantitative estimate of drug-likeness (QED) is 0.0261. The van der Waals surface area contributed by atoms with Crippen LogP contribution < -0.4 is 0 Å². The standard InChI is InChI=1S/C74H130O6/c1-4-7-10-13-16-19-22-25-28-31-34-35-36-37-38-39-41-43-46-49-52-55-58-61-64-67-73(76)79-70-71(69-78-72(75)66-63-60-57-54-51-48-45-42-33-30-27-24-21-18-15-12-9-6-3)80-74(77)68-65-62-59-56-53-50-47-44-40-32-29-26-23-20-17-14-11-8-5-2/h8,11,17,20,22,25-26,29-31,33-34,40,44,71H,4-7,9-10,12-16,18-19,21,23-24,27-28,32,35-39,41-43,45-70H2,1-3H3/b11-8-,20-17-,25-22-,29-26-,33-30-,34-31-,44-40-. The van der Waals surface area contributed by atoms with Gasteiger partial charge in [0, 0.05) is 19.3 Å². The minimum absolute atomic E-state index is 0.0824. The van der Waals surface area contributed by atoms with Crippen LogP contribution in [0.1, 0.15) is 348 Å². The van der Waals surface area contributed by atoms with Gasteiger partial charge in [-0.1, -0.05) is 298 Å². The van der Waals surface area contributed by atoms with Gasteiger partial charge in [-0.3, -0.25) is 14.4 Å². The third kappa shape index (κ3) is 65.4. The molecule has 0 saturated heterocycles. The molecule has 0 aromatic heterocycles. The molecular formula is C74H130O6. The Morgan fingerprint density at radius 3 is 0.775 bits per heavy atom. The molecular weight excluding hydrogens is 985 g/mol. The smallest absolute Gasteiger partial charge is 0.306 e. The summed E-state index contributed by atoms with van der Waals surface area (Å²) in [7, 11) is 0. The Hall–Kier alpha value is -3.41. The largest absolute Gasteiger partial charge is 0.462 e. The Bertz CT molecular complexity index is 1520. The molecule has 6 heteroatoms. The minimum Gasteiger partial charge on any atom is -0.462 e. The van der Waals surface area contributed by atoms with Crippen LogP contribution in [0.5, 0.6) is 0 Å². The van der Waals surface area contributed by atoms with Crippen molar-refractivity contribution in [1.82, 2.24) is 0 Å². The third-order valence-electron chi connectivity index (χ3n) is 15.1. The van der Waals surface area contributed by atoms with Crippen LogP contribution in [0.2, 0.25) is 0 Å². The van der Waals surface area contributed by atoms with Crippen LogP contribution >= 0.6 is 0 Å². The van der Waals surface area contributed by atoms with Crippen molar-refractivity contribution in [3.05, 3.63) is 85.1 Å². The second-order valence-corrected chi connectivity index (χ2v) is 23.1. The fraction of sp³-hybridized carbons (Fsp3) is 0.770. The second-order valence-electron chi connectivity index (χ2n) is 23.1. The summed E-state index contributed by atoms with van der Waals surface area (Å²) in [6, 6.07) is 0.